The van der Waals surface area contributed by atoms with Crippen molar-refractivity contribution >= 4 is 40.8 Å². The molecule has 2 unspecified atom stereocenters. The third kappa shape index (κ3) is 5.99. The minimum absolute atomic E-state index is 0.185. The summed E-state index contributed by atoms with van der Waals surface area (Å²) in [5.74, 6) is -5.98. The van der Waals surface area contributed by atoms with Crippen molar-refractivity contribution in [1.29, 1.82) is 0 Å². The number of halogens is 4. The highest BCUT2D eigenvalue weighted by atomic mass is 35.5. The summed E-state index contributed by atoms with van der Waals surface area (Å²) < 4.78 is 34.2. The molecule has 2 atom stereocenters. The molecule has 32 heavy (non-hydrogen) atoms. The van der Waals surface area contributed by atoms with Gasteiger partial charge in [-0.05, 0) is 61.6 Å². The molecular formula is C24H25Cl2F2NO3. The van der Waals surface area contributed by atoms with E-state index in [2.05, 4.69) is 5.32 Å². The van der Waals surface area contributed by atoms with E-state index in [4.69, 9.17) is 27.9 Å². The van der Waals surface area contributed by atoms with Crippen molar-refractivity contribution in [2.45, 2.75) is 50.9 Å². The molecule has 0 heterocycles. The second-order valence-electron chi connectivity index (χ2n) is 7.90. The van der Waals surface area contributed by atoms with Gasteiger partial charge in [-0.2, -0.15) is 0 Å². The van der Waals surface area contributed by atoms with E-state index < -0.39 is 23.7 Å². The second-order valence-corrected chi connectivity index (χ2v) is 8.74. The summed E-state index contributed by atoms with van der Waals surface area (Å²) in [7, 11) is 0. The number of esters is 1. The third-order valence-corrected chi connectivity index (χ3v) is 6.27. The first-order valence-electron chi connectivity index (χ1n) is 10.6. The van der Waals surface area contributed by atoms with Gasteiger partial charge in [-0.15, -0.1) is 0 Å². The molecule has 172 valence electrons. The van der Waals surface area contributed by atoms with Gasteiger partial charge in [0.2, 0.25) is 5.91 Å². The molecule has 0 bridgehead atoms. The topological polar surface area (TPSA) is 55.4 Å². The highest BCUT2D eigenvalue weighted by Crippen LogP contribution is 2.48. The van der Waals surface area contributed by atoms with Gasteiger partial charge in [-0.25, -0.2) is 8.78 Å². The maximum Gasteiger partial charge on any atom is 0.306 e. The molecule has 8 heteroatoms. The van der Waals surface area contributed by atoms with Crippen LogP contribution in [0.2, 0.25) is 10.0 Å². The number of nitrogens with one attached hydrogen (secondary N) is 1. The van der Waals surface area contributed by atoms with E-state index in [-0.39, 0.29) is 30.3 Å². The van der Waals surface area contributed by atoms with Crippen molar-refractivity contribution < 1.29 is 23.1 Å². The van der Waals surface area contributed by atoms with Gasteiger partial charge in [0.25, 0.3) is 5.92 Å². The van der Waals surface area contributed by atoms with E-state index >= 15 is 0 Å². The van der Waals surface area contributed by atoms with Gasteiger partial charge in [0.05, 0.1) is 23.2 Å². The van der Waals surface area contributed by atoms with Crippen LogP contribution >= 0.6 is 23.2 Å². The summed E-state index contributed by atoms with van der Waals surface area (Å²) in [6, 6.07) is 11.4. The third-order valence-electron chi connectivity index (χ3n) is 5.69. The van der Waals surface area contributed by atoms with Gasteiger partial charge in [0.15, 0.2) is 0 Å². The van der Waals surface area contributed by atoms with Gasteiger partial charge < -0.3 is 10.1 Å². The standard InChI is InChI=1S/C24H25Cl2F2NO3/c1-2-32-21(30)12-6-15-5-11-19(26)20(14-15)29-23(31)22(16-7-9-17(25)10-8-16)18-4-3-13-24(18,27)28/h5,7-11,14,18,22H,2-4,6,12-13H2,1H3,(H,29,31). The molecule has 0 aromatic heterocycles. The van der Waals surface area contributed by atoms with Crippen LogP contribution in [0.3, 0.4) is 0 Å². The number of aryl methyl sites for hydroxylation is 1. The van der Waals surface area contributed by atoms with Gasteiger partial charge in [-0.3, -0.25) is 9.59 Å². The predicted octanol–water partition coefficient (Wildman–Crippen LogP) is 6.65. The summed E-state index contributed by atoms with van der Waals surface area (Å²) in [5.41, 5.74) is 1.57. The van der Waals surface area contributed by atoms with Crippen LogP contribution < -0.4 is 5.32 Å². The van der Waals surface area contributed by atoms with Crippen LogP contribution in [0.1, 0.15) is 49.7 Å². The second kappa shape index (κ2) is 10.6. The maximum absolute atomic E-state index is 14.6. The number of carbonyl (C=O) groups excluding carboxylic acids is 2. The molecule has 0 spiro atoms. The minimum Gasteiger partial charge on any atom is -0.466 e. The molecule has 4 nitrogen and oxygen atoms in total. The zero-order valence-corrected chi connectivity index (χ0v) is 19.2. The zero-order valence-electron chi connectivity index (χ0n) is 17.7. The van der Waals surface area contributed by atoms with Crippen LogP contribution in [0.4, 0.5) is 14.5 Å². The van der Waals surface area contributed by atoms with Gasteiger partial charge in [0.1, 0.15) is 0 Å². The van der Waals surface area contributed by atoms with E-state index in [0.717, 1.165) is 5.56 Å². The Morgan fingerprint density at radius 1 is 1.19 bits per heavy atom. The zero-order chi connectivity index (χ0) is 23.3. The Labute approximate surface area is 196 Å². The van der Waals surface area contributed by atoms with Crippen molar-refractivity contribution in [3.05, 3.63) is 63.6 Å². The Bertz CT molecular complexity index is 966. The fourth-order valence-corrected chi connectivity index (χ4v) is 4.41. The fraction of sp³-hybridized carbons (Fsp3) is 0.417. The van der Waals surface area contributed by atoms with E-state index in [1.807, 2.05) is 0 Å². The number of rotatable bonds is 8. The molecule has 0 saturated heterocycles. The molecule has 3 rings (SSSR count). The quantitative estimate of drug-likeness (QED) is 0.427. The molecule has 0 aliphatic heterocycles. The van der Waals surface area contributed by atoms with E-state index in [9.17, 15) is 18.4 Å². The average molecular weight is 484 g/mol. The first kappa shape index (κ1) is 24.5. The van der Waals surface area contributed by atoms with Crippen LogP contribution in [0, 0.1) is 5.92 Å². The summed E-state index contributed by atoms with van der Waals surface area (Å²) in [4.78, 5) is 24.9. The summed E-state index contributed by atoms with van der Waals surface area (Å²) in [6.07, 6.45) is 0.962. The van der Waals surface area contributed by atoms with Gasteiger partial charge >= 0.3 is 5.97 Å². The van der Waals surface area contributed by atoms with Crippen molar-refractivity contribution in [3.8, 4) is 0 Å². The molecule has 1 saturated carbocycles. The molecule has 1 aliphatic carbocycles. The monoisotopic (exact) mass is 483 g/mol. The number of ether oxygens (including phenoxy) is 1. The highest BCUT2D eigenvalue weighted by molar-refractivity contribution is 6.33. The highest BCUT2D eigenvalue weighted by Gasteiger charge is 2.50. The molecular weight excluding hydrogens is 459 g/mol. The van der Waals surface area contributed by atoms with Crippen molar-refractivity contribution in [2.75, 3.05) is 11.9 Å². The number of hydrogen-bond acceptors (Lipinski definition) is 3. The minimum atomic E-state index is -2.94. The predicted molar refractivity (Wildman–Crippen MR) is 122 cm³/mol. The Morgan fingerprint density at radius 3 is 2.53 bits per heavy atom. The average Bonchev–Trinajstić information content (AvgIpc) is 3.09. The Kier molecular flexibility index (Phi) is 8.12. The summed E-state index contributed by atoms with van der Waals surface area (Å²) in [6.45, 7) is 2.04. The smallest absolute Gasteiger partial charge is 0.306 e. The SMILES string of the molecule is CCOC(=O)CCc1ccc(Cl)c(NC(=O)C(c2ccc(Cl)cc2)C2CCCC2(F)F)c1. The largest absolute Gasteiger partial charge is 0.466 e. The normalized spacial score (nSPS) is 18.2. The summed E-state index contributed by atoms with van der Waals surface area (Å²) >= 11 is 12.2. The maximum atomic E-state index is 14.6. The van der Waals surface area contributed by atoms with Crippen molar-refractivity contribution in [3.63, 3.8) is 0 Å². The van der Waals surface area contributed by atoms with Crippen LogP contribution in [0.15, 0.2) is 42.5 Å². The molecule has 2 aromatic rings. The number of alkyl halides is 2. The number of carbonyl (C=O) groups is 2. The molecule has 1 N–H and O–H groups in total. The van der Waals surface area contributed by atoms with E-state index in [0.29, 0.717) is 35.7 Å². The lowest BCUT2D eigenvalue weighted by Gasteiger charge is -2.28. The first-order valence-corrected chi connectivity index (χ1v) is 11.3. The first-order chi connectivity index (χ1) is 15.2. The lowest BCUT2D eigenvalue weighted by molar-refractivity contribution is -0.143. The molecule has 0 radical (unpaired) electrons. The number of benzene rings is 2. The fourth-order valence-electron chi connectivity index (χ4n) is 4.12. The Balaban J connectivity index is 1.83. The van der Waals surface area contributed by atoms with Gasteiger partial charge in [0, 0.05) is 23.8 Å². The Morgan fingerprint density at radius 2 is 1.91 bits per heavy atom. The molecule has 1 amide bonds. The van der Waals surface area contributed by atoms with E-state index in [1.54, 1.807) is 49.4 Å². The Hall–Kier alpha value is -2.18. The molecule has 1 fully saturated rings. The van der Waals surface area contributed by atoms with Gasteiger partial charge in [-0.1, -0.05) is 41.4 Å². The van der Waals surface area contributed by atoms with Crippen LogP contribution in [0.5, 0.6) is 0 Å². The summed E-state index contributed by atoms with van der Waals surface area (Å²) in [5, 5.41) is 3.48. The molecule has 1 aliphatic rings. The lowest BCUT2D eigenvalue weighted by atomic mass is 9.82. The number of amides is 1. The lowest BCUT2D eigenvalue weighted by Crippen LogP contribution is -2.35. The number of hydrogen-bond donors (Lipinski definition) is 1. The van der Waals surface area contributed by atoms with Crippen LogP contribution in [-0.4, -0.2) is 24.4 Å². The van der Waals surface area contributed by atoms with E-state index in [1.165, 1.54) is 0 Å². The van der Waals surface area contributed by atoms with Crippen molar-refractivity contribution in [1.82, 2.24) is 0 Å². The number of anilines is 1. The van der Waals surface area contributed by atoms with Crippen LogP contribution in [-0.2, 0) is 20.7 Å². The van der Waals surface area contributed by atoms with Crippen LogP contribution in [0.25, 0.3) is 0 Å². The van der Waals surface area contributed by atoms with Crippen molar-refractivity contribution in [2.24, 2.45) is 5.92 Å². The molecule has 2 aromatic carbocycles.